The second-order valence-corrected chi connectivity index (χ2v) is 4.72. The number of anilines is 1. The molecule has 0 fully saturated rings. The fourth-order valence-electron chi connectivity index (χ4n) is 1.38. The number of thioether (sulfide) groups is 1. The summed E-state index contributed by atoms with van der Waals surface area (Å²) in [5.41, 5.74) is 5.66. The summed E-state index contributed by atoms with van der Waals surface area (Å²) in [6.07, 6.45) is 0. The third-order valence-electron chi connectivity index (χ3n) is 2.27. The molecule has 2 rings (SSSR count). The fourth-order valence-corrected chi connectivity index (χ4v) is 2.14. The maximum absolute atomic E-state index is 13.2. The molecule has 0 aliphatic rings. The first kappa shape index (κ1) is 12.8. The first-order valence-electron chi connectivity index (χ1n) is 5.23. The highest BCUT2D eigenvalue weighted by Crippen LogP contribution is 2.22. The van der Waals surface area contributed by atoms with Crippen LogP contribution in [0.25, 0.3) is 0 Å². The summed E-state index contributed by atoms with van der Waals surface area (Å²) < 4.78 is 25.9. The van der Waals surface area contributed by atoms with Crippen molar-refractivity contribution in [2.45, 2.75) is 17.6 Å². The van der Waals surface area contributed by atoms with Crippen LogP contribution in [-0.4, -0.2) is 9.97 Å². The molecule has 1 aromatic carbocycles. The van der Waals surface area contributed by atoms with Gasteiger partial charge in [0.05, 0.1) is 11.4 Å². The molecule has 2 aromatic rings. The lowest BCUT2D eigenvalue weighted by Crippen LogP contribution is -2.04. The van der Waals surface area contributed by atoms with Gasteiger partial charge in [0.25, 0.3) is 0 Å². The van der Waals surface area contributed by atoms with E-state index in [9.17, 15) is 8.78 Å². The average molecular weight is 267 g/mol. The molecule has 1 heterocycles. The summed E-state index contributed by atoms with van der Waals surface area (Å²) in [6.45, 7) is 1.54. The molecule has 0 aliphatic carbocycles. The Morgan fingerprint density at radius 3 is 2.44 bits per heavy atom. The van der Waals surface area contributed by atoms with Gasteiger partial charge in [-0.15, -0.1) is 11.8 Å². The summed E-state index contributed by atoms with van der Waals surface area (Å²) >= 11 is 1.44. The number of benzene rings is 1. The molecule has 0 amide bonds. The zero-order valence-electron chi connectivity index (χ0n) is 9.65. The van der Waals surface area contributed by atoms with Crippen molar-refractivity contribution in [3.8, 4) is 0 Å². The van der Waals surface area contributed by atoms with Crippen molar-refractivity contribution in [3.63, 3.8) is 0 Å². The van der Waals surface area contributed by atoms with Crippen LogP contribution in [0.15, 0.2) is 29.2 Å². The van der Waals surface area contributed by atoms with E-state index < -0.39 is 5.82 Å². The molecule has 94 valence electrons. The molecular weight excluding hydrogens is 256 g/mol. The van der Waals surface area contributed by atoms with Crippen molar-refractivity contribution in [1.82, 2.24) is 9.97 Å². The number of aromatic nitrogens is 2. The lowest BCUT2D eigenvalue weighted by atomic mass is 10.4. The molecular formula is C12H11F2N3S. The molecule has 0 radical (unpaired) electrons. The number of hydrogen-bond donors (Lipinski definition) is 1. The van der Waals surface area contributed by atoms with E-state index in [1.165, 1.54) is 23.9 Å². The number of nitrogen functional groups attached to an aromatic ring is 1. The Morgan fingerprint density at radius 2 is 1.83 bits per heavy atom. The van der Waals surface area contributed by atoms with Gasteiger partial charge in [0.15, 0.2) is 11.6 Å². The van der Waals surface area contributed by atoms with Gasteiger partial charge in [-0.1, -0.05) is 0 Å². The van der Waals surface area contributed by atoms with Crippen molar-refractivity contribution in [2.24, 2.45) is 0 Å². The van der Waals surface area contributed by atoms with Crippen LogP contribution in [-0.2, 0) is 5.75 Å². The molecule has 0 aliphatic heterocycles. The number of aryl methyl sites for hydroxylation is 1. The normalized spacial score (nSPS) is 10.6. The van der Waals surface area contributed by atoms with Gasteiger partial charge in [0.1, 0.15) is 11.6 Å². The maximum Gasteiger partial charge on any atom is 0.186 e. The van der Waals surface area contributed by atoms with Gasteiger partial charge in [0, 0.05) is 4.90 Å². The van der Waals surface area contributed by atoms with E-state index in [0.29, 0.717) is 11.6 Å². The summed E-state index contributed by atoms with van der Waals surface area (Å²) in [7, 11) is 0. The van der Waals surface area contributed by atoms with E-state index >= 15 is 0 Å². The van der Waals surface area contributed by atoms with Crippen LogP contribution in [0.3, 0.4) is 0 Å². The van der Waals surface area contributed by atoms with E-state index in [2.05, 4.69) is 9.97 Å². The maximum atomic E-state index is 13.2. The van der Waals surface area contributed by atoms with Gasteiger partial charge in [0.2, 0.25) is 0 Å². The van der Waals surface area contributed by atoms with Crippen molar-refractivity contribution in [2.75, 3.05) is 5.73 Å². The molecule has 18 heavy (non-hydrogen) atoms. The van der Waals surface area contributed by atoms with E-state index in [1.807, 2.05) is 0 Å². The molecule has 0 spiro atoms. The van der Waals surface area contributed by atoms with Crippen LogP contribution >= 0.6 is 11.8 Å². The quantitative estimate of drug-likeness (QED) is 0.869. The molecule has 3 nitrogen and oxygen atoms in total. The van der Waals surface area contributed by atoms with Crippen LogP contribution in [0.2, 0.25) is 0 Å². The van der Waals surface area contributed by atoms with Gasteiger partial charge >= 0.3 is 0 Å². The molecule has 0 atom stereocenters. The minimum absolute atomic E-state index is 0.141. The van der Waals surface area contributed by atoms with Crippen molar-refractivity contribution in [1.29, 1.82) is 0 Å². The van der Waals surface area contributed by atoms with Crippen LogP contribution in [0.4, 0.5) is 14.6 Å². The lowest BCUT2D eigenvalue weighted by Gasteiger charge is -2.04. The third-order valence-corrected chi connectivity index (χ3v) is 3.28. The third kappa shape index (κ3) is 2.95. The second kappa shape index (κ2) is 5.30. The molecule has 6 heteroatoms. The molecule has 2 N–H and O–H groups in total. The Hall–Kier alpha value is -1.69. The van der Waals surface area contributed by atoms with Crippen LogP contribution < -0.4 is 5.73 Å². The SMILES string of the molecule is Cc1nc(CSc2ccc(F)cc2)nc(N)c1F. The number of rotatable bonds is 3. The number of hydrogen-bond acceptors (Lipinski definition) is 4. The van der Waals surface area contributed by atoms with E-state index in [0.717, 1.165) is 4.90 Å². The zero-order valence-corrected chi connectivity index (χ0v) is 10.5. The Morgan fingerprint density at radius 1 is 1.17 bits per heavy atom. The standard InChI is InChI=1S/C12H11F2N3S/c1-7-11(14)12(15)17-10(16-7)6-18-9-4-2-8(13)3-5-9/h2-5H,6H2,1H3,(H2,15,16,17). The highest BCUT2D eigenvalue weighted by atomic mass is 32.2. The first-order valence-corrected chi connectivity index (χ1v) is 6.21. The van der Waals surface area contributed by atoms with Crippen molar-refractivity contribution < 1.29 is 8.78 Å². The van der Waals surface area contributed by atoms with Crippen molar-refractivity contribution >= 4 is 17.6 Å². The Bertz CT molecular complexity index is 535. The fraction of sp³-hybridized carbons (Fsp3) is 0.167. The van der Waals surface area contributed by atoms with Gasteiger partial charge in [-0.25, -0.2) is 18.7 Å². The molecule has 0 bridgehead atoms. The number of nitrogens with two attached hydrogens (primary N) is 1. The smallest absolute Gasteiger partial charge is 0.186 e. The largest absolute Gasteiger partial charge is 0.381 e. The first-order chi connectivity index (χ1) is 8.56. The number of halogens is 2. The van der Waals surface area contributed by atoms with E-state index in [4.69, 9.17) is 5.73 Å². The molecule has 0 saturated carbocycles. The minimum atomic E-state index is -0.578. The van der Waals surface area contributed by atoms with Crippen molar-refractivity contribution in [3.05, 3.63) is 47.4 Å². The van der Waals surface area contributed by atoms with Crippen LogP contribution in [0.5, 0.6) is 0 Å². The second-order valence-electron chi connectivity index (χ2n) is 3.67. The Kier molecular flexibility index (Phi) is 3.76. The summed E-state index contributed by atoms with van der Waals surface area (Å²) in [5, 5.41) is 0. The molecule has 1 aromatic heterocycles. The van der Waals surface area contributed by atoms with E-state index in [-0.39, 0.29) is 17.3 Å². The topological polar surface area (TPSA) is 51.8 Å². The predicted octanol–water partition coefficient (Wildman–Crippen LogP) is 2.94. The van der Waals surface area contributed by atoms with E-state index in [1.54, 1.807) is 19.1 Å². The van der Waals surface area contributed by atoms with Gasteiger partial charge in [-0.2, -0.15) is 0 Å². The minimum Gasteiger partial charge on any atom is -0.381 e. The average Bonchev–Trinajstić information content (AvgIpc) is 2.35. The molecule has 0 unspecified atom stereocenters. The summed E-state index contributed by atoms with van der Waals surface area (Å²) in [4.78, 5) is 8.76. The zero-order chi connectivity index (χ0) is 13.1. The molecule has 0 saturated heterocycles. The van der Waals surface area contributed by atoms with Gasteiger partial charge in [-0.05, 0) is 31.2 Å². The highest BCUT2D eigenvalue weighted by molar-refractivity contribution is 7.98. The van der Waals surface area contributed by atoms with Gasteiger partial charge < -0.3 is 5.73 Å². The summed E-state index contributed by atoms with van der Waals surface area (Å²) in [5.74, 6) is -0.0855. The Balaban J connectivity index is 2.08. The monoisotopic (exact) mass is 267 g/mol. The van der Waals surface area contributed by atoms with Crippen LogP contribution in [0.1, 0.15) is 11.5 Å². The van der Waals surface area contributed by atoms with Gasteiger partial charge in [-0.3, -0.25) is 0 Å². The number of nitrogens with zero attached hydrogens (tertiary/aromatic N) is 2. The summed E-state index contributed by atoms with van der Waals surface area (Å²) in [6, 6.07) is 6.10. The van der Waals surface area contributed by atoms with Crippen LogP contribution in [0, 0.1) is 18.6 Å². The highest BCUT2D eigenvalue weighted by Gasteiger charge is 2.08. The Labute approximate surface area is 107 Å². The lowest BCUT2D eigenvalue weighted by molar-refractivity contribution is 0.604. The predicted molar refractivity (Wildman–Crippen MR) is 67.1 cm³/mol.